The molecule has 1 aromatic carbocycles. The molecule has 5 rings (SSSR count). The maximum absolute atomic E-state index is 12.9. The van der Waals surface area contributed by atoms with E-state index in [1.807, 2.05) is 25.1 Å². The van der Waals surface area contributed by atoms with Crippen molar-refractivity contribution >= 4 is 33.9 Å². The molecule has 1 saturated heterocycles. The number of furan rings is 1. The molecule has 4 heterocycles. The number of nitrogens with one attached hydrogen (secondary N) is 3. The summed E-state index contributed by atoms with van der Waals surface area (Å²) in [4.78, 5) is 21.9. The Morgan fingerprint density at radius 1 is 1.09 bits per heavy atom. The molecule has 9 nitrogen and oxygen atoms in total. The molecule has 1 aliphatic rings. The Labute approximate surface area is 191 Å². The minimum absolute atomic E-state index is 0.273. The fourth-order valence-corrected chi connectivity index (χ4v) is 4.04. The topological polar surface area (TPSA) is 102 Å². The van der Waals surface area contributed by atoms with Crippen LogP contribution in [0.15, 0.2) is 53.3 Å². The molecule has 0 bridgehead atoms. The van der Waals surface area contributed by atoms with Crippen molar-refractivity contribution in [3.63, 3.8) is 0 Å². The Morgan fingerprint density at radius 3 is 2.67 bits per heavy atom. The van der Waals surface area contributed by atoms with E-state index >= 15 is 0 Å². The van der Waals surface area contributed by atoms with E-state index in [0.29, 0.717) is 17.0 Å². The average Bonchev–Trinajstić information content (AvgIpc) is 3.43. The fourth-order valence-electron chi connectivity index (χ4n) is 4.04. The Morgan fingerprint density at radius 2 is 1.88 bits per heavy atom. The highest BCUT2D eigenvalue weighted by atomic mass is 16.3. The Kier molecular flexibility index (Phi) is 5.80. The van der Waals surface area contributed by atoms with Crippen molar-refractivity contribution in [2.24, 2.45) is 0 Å². The summed E-state index contributed by atoms with van der Waals surface area (Å²) >= 11 is 0. The number of aromatic nitrogens is 3. The summed E-state index contributed by atoms with van der Waals surface area (Å²) < 4.78 is 5.64. The third kappa shape index (κ3) is 4.74. The number of hydrogen-bond acceptors (Lipinski definition) is 7. The van der Waals surface area contributed by atoms with Crippen LogP contribution in [0.2, 0.25) is 0 Å². The van der Waals surface area contributed by atoms with E-state index in [4.69, 9.17) is 4.42 Å². The number of piperazine rings is 1. The van der Waals surface area contributed by atoms with Gasteiger partial charge in [0.05, 0.1) is 30.0 Å². The first kappa shape index (κ1) is 21.2. The number of rotatable bonds is 6. The highest BCUT2D eigenvalue weighted by Crippen LogP contribution is 2.29. The Bertz CT molecular complexity index is 1250. The van der Waals surface area contributed by atoms with Gasteiger partial charge in [-0.05, 0) is 37.7 Å². The second-order valence-corrected chi connectivity index (χ2v) is 8.47. The summed E-state index contributed by atoms with van der Waals surface area (Å²) in [5.41, 5.74) is 4.30. The average molecular weight is 446 g/mol. The first-order chi connectivity index (χ1) is 16.0. The molecule has 3 N–H and O–H groups in total. The van der Waals surface area contributed by atoms with Crippen LogP contribution in [0.3, 0.4) is 0 Å². The molecular weight excluding hydrogens is 418 g/mol. The SMILES string of the molecule is Cc1cc2c(Nc3cn[nH]c3C(=O)Nc3ccc(CN4CCN(C)CC4)cc3)cncc2o1. The Balaban J connectivity index is 1.25. The van der Waals surface area contributed by atoms with Crippen molar-refractivity contribution < 1.29 is 9.21 Å². The molecule has 9 heteroatoms. The molecule has 0 saturated carbocycles. The zero-order chi connectivity index (χ0) is 22.8. The summed E-state index contributed by atoms with van der Waals surface area (Å²) in [6, 6.07) is 9.93. The van der Waals surface area contributed by atoms with Crippen LogP contribution >= 0.6 is 0 Å². The van der Waals surface area contributed by atoms with Gasteiger partial charge in [-0.25, -0.2) is 0 Å². The largest absolute Gasteiger partial charge is 0.460 e. The monoisotopic (exact) mass is 445 g/mol. The van der Waals surface area contributed by atoms with Crippen LogP contribution in [0, 0.1) is 6.92 Å². The minimum atomic E-state index is -0.273. The van der Waals surface area contributed by atoms with Gasteiger partial charge < -0.3 is 20.0 Å². The van der Waals surface area contributed by atoms with Crippen LogP contribution in [0.4, 0.5) is 17.1 Å². The first-order valence-electron chi connectivity index (χ1n) is 11.0. The van der Waals surface area contributed by atoms with E-state index < -0.39 is 0 Å². The second kappa shape index (κ2) is 9.05. The van der Waals surface area contributed by atoms with Gasteiger partial charge in [-0.2, -0.15) is 5.10 Å². The normalized spacial score (nSPS) is 15.1. The van der Waals surface area contributed by atoms with Gasteiger partial charge >= 0.3 is 0 Å². The molecule has 0 radical (unpaired) electrons. The first-order valence-corrected chi connectivity index (χ1v) is 11.0. The molecule has 0 unspecified atom stereocenters. The Hall–Kier alpha value is -3.69. The maximum Gasteiger partial charge on any atom is 0.275 e. The molecule has 4 aromatic rings. The summed E-state index contributed by atoms with van der Waals surface area (Å²) in [5.74, 6) is 0.521. The predicted octanol–water partition coefficient (Wildman–Crippen LogP) is 3.60. The molecule has 0 spiro atoms. The van der Waals surface area contributed by atoms with Gasteiger partial charge in [0.15, 0.2) is 5.58 Å². The van der Waals surface area contributed by atoms with Crippen molar-refractivity contribution in [1.29, 1.82) is 0 Å². The molecule has 1 amide bonds. The molecular formula is C24H27N7O2. The zero-order valence-electron chi connectivity index (χ0n) is 18.8. The van der Waals surface area contributed by atoms with Crippen molar-refractivity contribution in [2.45, 2.75) is 13.5 Å². The number of pyridine rings is 1. The smallest absolute Gasteiger partial charge is 0.275 e. The van der Waals surface area contributed by atoms with Crippen LogP contribution in [-0.4, -0.2) is 64.1 Å². The second-order valence-electron chi connectivity index (χ2n) is 8.47. The van der Waals surface area contributed by atoms with Gasteiger partial charge in [0.1, 0.15) is 11.5 Å². The number of nitrogens with zero attached hydrogens (tertiary/aromatic N) is 4. The number of aryl methyl sites for hydroxylation is 1. The number of carbonyl (C=O) groups is 1. The van der Waals surface area contributed by atoms with E-state index in [1.54, 1.807) is 18.6 Å². The van der Waals surface area contributed by atoms with E-state index in [2.05, 4.69) is 54.8 Å². The number of fused-ring (bicyclic) bond motifs is 1. The molecule has 3 aromatic heterocycles. The molecule has 1 fully saturated rings. The maximum atomic E-state index is 12.9. The minimum Gasteiger partial charge on any atom is -0.460 e. The van der Waals surface area contributed by atoms with Crippen molar-refractivity contribution in [3.8, 4) is 0 Å². The quantitative estimate of drug-likeness (QED) is 0.417. The van der Waals surface area contributed by atoms with Crippen LogP contribution in [0.5, 0.6) is 0 Å². The number of likely N-dealkylation sites (N-methyl/N-ethyl adjacent to an activating group) is 1. The lowest BCUT2D eigenvalue weighted by Crippen LogP contribution is -2.43. The van der Waals surface area contributed by atoms with Gasteiger partial charge in [-0.1, -0.05) is 12.1 Å². The van der Waals surface area contributed by atoms with Crippen molar-refractivity contribution in [1.82, 2.24) is 25.0 Å². The number of benzene rings is 1. The van der Waals surface area contributed by atoms with Crippen LogP contribution in [-0.2, 0) is 6.54 Å². The van der Waals surface area contributed by atoms with E-state index in [0.717, 1.165) is 55.2 Å². The molecule has 170 valence electrons. The number of anilines is 3. The summed E-state index contributed by atoms with van der Waals surface area (Å²) in [6.07, 6.45) is 4.95. The molecule has 0 atom stereocenters. The fraction of sp³-hybridized carbons (Fsp3) is 0.292. The lowest BCUT2D eigenvalue weighted by Gasteiger charge is -2.32. The van der Waals surface area contributed by atoms with Crippen molar-refractivity contribution in [2.75, 3.05) is 43.9 Å². The molecule has 0 aliphatic carbocycles. The third-order valence-corrected chi connectivity index (χ3v) is 5.92. The summed E-state index contributed by atoms with van der Waals surface area (Å²) in [7, 11) is 2.16. The van der Waals surface area contributed by atoms with Crippen LogP contribution in [0.1, 0.15) is 21.8 Å². The highest BCUT2D eigenvalue weighted by Gasteiger charge is 2.17. The van der Waals surface area contributed by atoms with Gasteiger partial charge in [-0.15, -0.1) is 0 Å². The third-order valence-electron chi connectivity index (χ3n) is 5.92. The van der Waals surface area contributed by atoms with E-state index in [1.165, 1.54) is 5.56 Å². The number of amides is 1. The van der Waals surface area contributed by atoms with Crippen LogP contribution < -0.4 is 10.6 Å². The van der Waals surface area contributed by atoms with E-state index in [9.17, 15) is 4.79 Å². The molecule has 1 aliphatic heterocycles. The lowest BCUT2D eigenvalue weighted by atomic mass is 10.1. The lowest BCUT2D eigenvalue weighted by molar-refractivity contribution is 0.102. The number of carbonyl (C=O) groups excluding carboxylic acids is 1. The molecule has 33 heavy (non-hydrogen) atoms. The predicted molar refractivity (Wildman–Crippen MR) is 128 cm³/mol. The van der Waals surface area contributed by atoms with E-state index in [-0.39, 0.29) is 5.91 Å². The summed E-state index contributed by atoms with van der Waals surface area (Å²) in [5, 5.41) is 13.9. The van der Waals surface area contributed by atoms with Crippen LogP contribution in [0.25, 0.3) is 11.0 Å². The number of H-pyrrole nitrogens is 1. The summed E-state index contributed by atoms with van der Waals surface area (Å²) in [6.45, 7) is 7.15. The number of aromatic amines is 1. The van der Waals surface area contributed by atoms with Gasteiger partial charge in [0, 0.05) is 43.8 Å². The van der Waals surface area contributed by atoms with Gasteiger partial charge in [0.2, 0.25) is 0 Å². The number of hydrogen-bond donors (Lipinski definition) is 3. The zero-order valence-corrected chi connectivity index (χ0v) is 18.8. The van der Waals surface area contributed by atoms with Gasteiger partial charge in [-0.3, -0.25) is 19.8 Å². The van der Waals surface area contributed by atoms with Crippen molar-refractivity contribution in [3.05, 3.63) is 65.9 Å². The highest BCUT2D eigenvalue weighted by molar-refractivity contribution is 6.07. The standard InChI is InChI=1S/C24H27N7O2/c1-16-11-19-20(12-25-14-22(19)33-16)28-21-13-26-29-23(21)24(32)27-18-5-3-17(4-6-18)15-31-9-7-30(2)8-10-31/h3-6,11-14,28H,7-10,15H2,1-2H3,(H,26,29)(H,27,32). The van der Waals surface area contributed by atoms with Gasteiger partial charge in [0.25, 0.3) is 5.91 Å².